The zero-order valence-corrected chi connectivity index (χ0v) is 17.5. The summed E-state index contributed by atoms with van der Waals surface area (Å²) in [5, 5.41) is 8.85. The number of rotatable bonds is 8. The van der Waals surface area contributed by atoms with Crippen LogP contribution in [0.15, 0.2) is 53.7 Å². The van der Waals surface area contributed by atoms with Gasteiger partial charge >= 0.3 is 5.97 Å². The number of aromatic nitrogens is 3. The second-order valence-corrected chi connectivity index (χ2v) is 7.70. The van der Waals surface area contributed by atoms with Gasteiger partial charge in [0.25, 0.3) is 0 Å². The Hall–Kier alpha value is -3.00. The topological polar surface area (TPSA) is 92.3 Å². The molecule has 0 spiro atoms. The van der Waals surface area contributed by atoms with E-state index in [2.05, 4.69) is 36.2 Å². The van der Waals surface area contributed by atoms with E-state index in [1.165, 1.54) is 29.1 Å². The summed E-state index contributed by atoms with van der Waals surface area (Å²) < 4.78 is 11.9. The Morgan fingerprint density at radius 3 is 2.41 bits per heavy atom. The van der Waals surface area contributed by atoms with Gasteiger partial charge in [-0.2, -0.15) is 0 Å². The molecule has 0 aliphatic carbocycles. The maximum Gasteiger partial charge on any atom is 0.337 e. The number of benzene rings is 2. The predicted molar refractivity (Wildman–Crippen MR) is 112 cm³/mol. The first-order valence-corrected chi connectivity index (χ1v) is 10.2. The number of nitrogen functional groups attached to an aromatic ring is 1. The first-order chi connectivity index (χ1) is 14.0. The molecule has 2 N–H and O–H groups in total. The third-order valence-electron chi connectivity index (χ3n) is 4.39. The molecule has 7 nitrogen and oxygen atoms in total. The van der Waals surface area contributed by atoms with E-state index < -0.39 is 0 Å². The molecule has 0 aliphatic heterocycles. The van der Waals surface area contributed by atoms with E-state index in [9.17, 15) is 4.79 Å². The normalized spacial score (nSPS) is 10.9. The Balaban J connectivity index is 1.55. The molecule has 0 atom stereocenters. The van der Waals surface area contributed by atoms with Gasteiger partial charge in [0, 0.05) is 5.75 Å². The van der Waals surface area contributed by atoms with E-state index in [4.69, 9.17) is 15.3 Å². The van der Waals surface area contributed by atoms with Crippen LogP contribution in [0.5, 0.6) is 5.75 Å². The molecule has 0 aliphatic rings. The molecule has 0 amide bonds. The Morgan fingerprint density at radius 1 is 1.10 bits per heavy atom. The van der Waals surface area contributed by atoms with Crippen LogP contribution in [0.4, 0.5) is 0 Å². The molecule has 3 aromatic rings. The van der Waals surface area contributed by atoms with Crippen LogP contribution in [0, 0.1) is 0 Å². The molecule has 1 heterocycles. The lowest BCUT2D eigenvalue weighted by Crippen LogP contribution is -2.15. The highest BCUT2D eigenvalue weighted by molar-refractivity contribution is 7.98. The fraction of sp³-hybridized carbons (Fsp3) is 0.286. The van der Waals surface area contributed by atoms with Gasteiger partial charge in [-0.1, -0.05) is 49.9 Å². The minimum absolute atomic E-state index is 0.235. The number of nitrogens with two attached hydrogens (primary N) is 1. The SMILES string of the molecule is COC(=O)c1ccc(CSc2nnc(COc3ccc(C(C)C)cc3)n2N)cc1. The van der Waals surface area contributed by atoms with Gasteiger partial charge in [0.05, 0.1) is 12.7 Å². The number of nitrogens with zero attached hydrogens (tertiary/aromatic N) is 3. The van der Waals surface area contributed by atoms with E-state index in [0.717, 1.165) is 11.3 Å². The number of thioether (sulfide) groups is 1. The van der Waals surface area contributed by atoms with Crippen LogP contribution in [0.25, 0.3) is 0 Å². The maximum atomic E-state index is 11.5. The summed E-state index contributed by atoms with van der Waals surface area (Å²) >= 11 is 1.46. The molecular formula is C21H24N4O3S. The maximum absolute atomic E-state index is 11.5. The summed E-state index contributed by atoms with van der Waals surface area (Å²) in [6.45, 7) is 4.54. The summed E-state index contributed by atoms with van der Waals surface area (Å²) in [6, 6.07) is 15.2. The van der Waals surface area contributed by atoms with Gasteiger partial charge < -0.3 is 15.3 Å². The third-order valence-corrected chi connectivity index (χ3v) is 5.41. The van der Waals surface area contributed by atoms with Crippen LogP contribution in [0.2, 0.25) is 0 Å². The number of methoxy groups -OCH3 is 1. The monoisotopic (exact) mass is 412 g/mol. The fourth-order valence-corrected chi connectivity index (χ4v) is 3.43. The lowest BCUT2D eigenvalue weighted by molar-refractivity contribution is 0.0600. The van der Waals surface area contributed by atoms with E-state index in [1.54, 1.807) is 12.1 Å². The first-order valence-electron chi connectivity index (χ1n) is 9.20. The molecular weight excluding hydrogens is 388 g/mol. The lowest BCUT2D eigenvalue weighted by Gasteiger charge is -2.09. The van der Waals surface area contributed by atoms with Crippen LogP contribution in [0.3, 0.4) is 0 Å². The molecule has 0 fully saturated rings. The molecule has 29 heavy (non-hydrogen) atoms. The van der Waals surface area contributed by atoms with Gasteiger partial charge in [0.2, 0.25) is 5.16 Å². The third kappa shape index (κ3) is 5.29. The van der Waals surface area contributed by atoms with Crippen molar-refractivity contribution >= 4 is 17.7 Å². The Bertz CT molecular complexity index is 953. The number of hydrogen-bond donors (Lipinski definition) is 1. The van der Waals surface area contributed by atoms with Crippen LogP contribution in [-0.4, -0.2) is 28.0 Å². The zero-order valence-electron chi connectivity index (χ0n) is 16.7. The van der Waals surface area contributed by atoms with Crippen molar-refractivity contribution in [3.63, 3.8) is 0 Å². The van der Waals surface area contributed by atoms with E-state index in [1.807, 2.05) is 24.3 Å². The summed E-state index contributed by atoms with van der Waals surface area (Å²) in [5.41, 5.74) is 2.82. The average molecular weight is 413 g/mol. The highest BCUT2D eigenvalue weighted by Gasteiger charge is 2.12. The van der Waals surface area contributed by atoms with Crippen molar-refractivity contribution in [2.75, 3.05) is 13.0 Å². The molecule has 152 valence electrons. The summed E-state index contributed by atoms with van der Waals surface area (Å²) in [6.07, 6.45) is 0. The molecule has 0 saturated carbocycles. The predicted octanol–water partition coefficient (Wildman–Crippen LogP) is 3.77. The van der Waals surface area contributed by atoms with Gasteiger partial charge in [-0.15, -0.1) is 10.2 Å². The highest BCUT2D eigenvalue weighted by atomic mass is 32.2. The standard InChI is InChI=1S/C21H24N4O3S/c1-14(2)16-8-10-18(11-9-16)28-12-19-23-24-21(25(19)22)29-13-15-4-6-17(7-5-15)20(26)27-3/h4-11,14H,12-13,22H2,1-3H3. The number of carbonyl (C=O) groups excluding carboxylic acids is 1. The minimum atomic E-state index is -0.352. The van der Waals surface area contributed by atoms with Gasteiger partial charge in [-0.05, 0) is 41.3 Å². The molecule has 2 aromatic carbocycles. The van der Waals surface area contributed by atoms with Crippen LogP contribution < -0.4 is 10.6 Å². The van der Waals surface area contributed by atoms with E-state index >= 15 is 0 Å². The minimum Gasteiger partial charge on any atom is -0.486 e. The number of carbonyl (C=O) groups is 1. The molecule has 1 aromatic heterocycles. The van der Waals surface area contributed by atoms with Crippen molar-refractivity contribution in [2.45, 2.75) is 37.3 Å². The van der Waals surface area contributed by atoms with Crippen molar-refractivity contribution in [2.24, 2.45) is 0 Å². The summed E-state index contributed by atoms with van der Waals surface area (Å²) in [4.78, 5) is 11.5. The lowest BCUT2D eigenvalue weighted by atomic mass is 10.0. The second-order valence-electron chi connectivity index (χ2n) is 6.76. The number of hydrogen-bond acceptors (Lipinski definition) is 7. The summed E-state index contributed by atoms with van der Waals surface area (Å²) in [7, 11) is 1.36. The quantitative estimate of drug-likeness (QED) is 0.342. The van der Waals surface area contributed by atoms with Crippen LogP contribution in [-0.2, 0) is 17.1 Å². The Labute approximate surface area is 174 Å². The number of ether oxygens (including phenoxy) is 2. The van der Waals surface area contributed by atoms with Crippen molar-refractivity contribution in [3.05, 3.63) is 71.0 Å². The molecule has 0 bridgehead atoms. The van der Waals surface area contributed by atoms with Gasteiger partial charge in [-0.25, -0.2) is 9.47 Å². The smallest absolute Gasteiger partial charge is 0.337 e. The molecule has 0 unspecified atom stereocenters. The highest BCUT2D eigenvalue weighted by Crippen LogP contribution is 2.22. The van der Waals surface area contributed by atoms with Crippen LogP contribution >= 0.6 is 11.8 Å². The van der Waals surface area contributed by atoms with Crippen molar-refractivity contribution in [1.82, 2.24) is 14.9 Å². The average Bonchev–Trinajstić information content (AvgIpc) is 3.10. The second kappa shape index (κ2) is 9.47. The molecule has 8 heteroatoms. The summed E-state index contributed by atoms with van der Waals surface area (Å²) in [5.74, 6) is 8.19. The van der Waals surface area contributed by atoms with Crippen molar-refractivity contribution in [3.8, 4) is 5.75 Å². The Morgan fingerprint density at radius 2 is 1.79 bits per heavy atom. The first kappa shape index (κ1) is 20.7. The van der Waals surface area contributed by atoms with Crippen molar-refractivity contribution in [1.29, 1.82) is 0 Å². The zero-order chi connectivity index (χ0) is 20.8. The fourth-order valence-electron chi connectivity index (χ4n) is 2.60. The van der Waals surface area contributed by atoms with Gasteiger partial charge in [-0.3, -0.25) is 0 Å². The van der Waals surface area contributed by atoms with Crippen molar-refractivity contribution < 1.29 is 14.3 Å². The number of esters is 1. The molecule has 0 radical (unpaired) electrons. The van der Waals surface area contributed by atoms with E-state index in [-0.39, 0.29) is 12.6 Å². The largest absolute Gasteiger partial charge is 0.486 e. The van der Waals surface area contributed by atoms with Gasteiger partial charge in [0.15, 0.2) is 5.82 Å². The Kier molecular flexibility index (Phi) is 6.77. The molecule has 0 saturated heterocycles. The van der Waals surface area contributed by atoms with Crippen LogP contribution in [0.1, 0.15) is 47.1 Å². The van der Waals surface area contributed by atoms with E-state index in [0.29, 0.717) is 28.2 Å². The molecule has 3 rings (SSSR count). The van der Waals surface area contributed by atoms with Gasteiger partial charge in [0.1, 0.15) is 12.4 Å².